The fourth-order valence-electron chi connectivity index (χ4n) is 10.0. The summed E-state index contributed by atoms with van der Waals surface area (Å²) in [5.74, 6) is 0. The van der Waals surface area contributed by atoms with Gasteiger partial charge in [0.2, 0.25) is 0 Å². The molecule has 0 saturated heterocycles. The minimum Gasteiger partial charge on any atom is -0.455 e. The van der Waals surface area contributed by atoms with Crippen molar-refractivity contribution in [1.82, 2.24) is 4.57 Å². The molecule has 0 atom stereocenters. The maximum Gasteiger partial charge on any atom is 0.143 e. The second-order valence-electron chi connectivity index (χ2n) is 16.9. The normalized spacial score (nSPS) is 11.7. The topological polar surface area (TPSA) is 21.3 Å². The molecule has 0 saturated carbocycles. The molecule has 13 aromatic rings. The molecule has 0 aliphatic heterocycles. The van der Waals surface area contributed by atoms with Crippen LogP contribution < -0.4 is 4.90 Å². The number of anilines is 3. The number of aromatic nitrogens is 1. The molecule has 65 heavy (non-hydrogen) atoms. The van der Waals surface area contributed by atoms with Crippen molar-refractivity contribution in [3.8, 4) is 39.1 Å². The standard InChI is InChI=1S/C62H40N2O/c1-3-13-42(14-4-1)52-23-12-16-44-25-26-46(38-56(44)52)41-27-31-49(32-28-41)63(51-33-36-61-58(40-51)55-34-29-43-15-7-8-21-53(43)62(55)65-61)50-20-11-17-45(37-50)47-30-35-60-57(39-47)54-22-9-10-24-59(54)64(60)48-18-5-2-6-19-48/h1-40H. The van der Waals surface area contributed by atoms with E-state index in [4.69, 9.17) is 4.42 Å². The van der Waals surface area contributed by atoms with E-state index in [9.17, 15) is 0 Å². The Labute approximate surface area is 376 Å². The molecule has 2 aromatic heterocycles. The molecule has 0 amide bonds. The number of fused-ring (bicyclic) bond motifs is 9. The number of nitrogens with zero attached hydrogens (tertiary/aromatic N) is 2. The van der Waals surface area contributed by atoms with Crippen LogP contribution in [0.3, 0.4) is 0 Å². The third-order valence-corrected chi connectivity index (χ3v) is 13.2. The summed E-state index contributed by atoms with van der Waals surface area (Å²) >= 11 is 0. The van der Waals surface area contributed by atoms with E-state index in [1.165, 1.54) is 65.8 Å². The molecule has 0 aliphatic carbocycles. The summed E-state index contributed by atoms with van der Waals surface area (Å²) in [6.07, 6.45) is 0. The number of furan rings is 1. The predicted molar refractivity (Wildman–Crippen MR) is 274 cm³/mol. The summed E-state index contributed by atoms with van der Waals surface area (Å²) in [5.41, 5.74) is 15.6. The van der Waals surface area contributed by atoms with Crippen molar-refractivity contribution in [2.75, 3.05) is 4.90 Å². The molecule has 2 heterocycles. The molecule has 0 spiro atoms. The number of hydrogen-bond acceptors (Lipinski definition) is 2. The fraction of sp³-hybridized carbons (Fsp3) is 0. The van der Waals surface area contributed by atoms with Crippen molar-refractivity contribution in [2.24, 2.45) is 0 Å². The molecule has 11 aromatic carbocycles. The van der Waals surface area contributed by atoms with E-state index in [1.54, 1.807) is 0 Å². The quantitative estimate of drug-likeness (QED) is 0.160. The van der Waals surface area contributed by atoms with Gasteiger partial charge >= 0.3 is 0 Å². The first-order valence-corrected chi connectivity index (χ1v) is 22.2. The summed E-state index contributed by atoms with van der Waals surface area (Å²) in [5, 5.41) is 9.44. The molecule has 304 valence electrons. The van der Waals surface area contributed by atoms with Gasteiger partial charge in [-0.05, 0) is 134 Å². The van der Waals surface area contributed by atoms with Gasteiger partial charge in [-0.25, -0.2) is 0 Å². The number of hydrogen-bond donors (Lipinski definition) is 0. The van der Waals surface area contributed by atoms with Crippen molar-refractivity contribution in [3.63, 3.8) is 0 Å². The minimum absolute atomic E-state index is 0.873. The van der Waals surface area contributed by atoms with E-state index in [-0.39, 0.29) is 0 Å². The lowest BCUT2D eigenvalue weighted by Crippen LogP contribution is -2.10. The summed E-state index contributed by atoms with van der Waals surface area (Å²) < 4.78 is 8.97. The minimum atomic E-state index is 0.873. The van der Waals surface area contributed by atoms with E-state index < -0.39 is 0 Å². The number of benzene rings is 11. The van der Waals surface area contributed by atoms with Gasteiger partial charge in [0.25, 0.3) is 0 Å². The molecule has 0 unspecified atom stereocenters. The Morgan fingerprint density at radius 3 is 1.78 bits per heavy atom. The third kappa shape index (κ3) is 6.20. The molecule has 0 fully saturated rings. The van der Waals surface area contributed by atoms with Crippen LogP contribution in [0.15, 0.2) is 247 Å². The van der Waals surface area contributed by atoms with Crippen LogP contribution in [0.5, 0.6) is 0 Å². The van der Waals surface area contributed by atoms with E-state index in [0.29, 0.717) is 0 Å². The highest BCUT2D eigenvalue weighted by atomic mass is 16.3. The Kier molecular flexibility index (Phi) is 8.53. The van der Waals surface area contributed by atoms with E-state index in [1.807, 2.05) is 0 Å². The monoisotopic (exact) mass is 828 g/mol. The van der Waals surface area contributed by atoms with Crippen molar-refractivity contribution in [3.05, 3.63) is 243 Å². The smallest absolute Gasteiger partial charge is 0.143 e. The van der Waals surface area contributed by atoms with Gasteiger partial charge in [0.15, 0.2) is 0 Å². The van der Waals surface area contributed by atoms with Gasteiger partial charge in [0.05, 0.1) is 11.0 Å². The average Bonchev–Trinajstić information content (AvgIpc) is 3.92. The third-order valence-electron chi connectivity index (χ3n) is 13.2. The van der Waals surface area contributed by atoms with Crippen LogP contribution >= 0.6 is 0 Å². The lowest BCUT2D eigenvalue weighted by Gasteiger charge is -2.26. The molecule has 3 nitrogen and oxygen atoms in total. The molecule has 3 heteroatoms. The zero-order valence-corrected chi connectivity index (χ0v) is 35.4. The largest absolute Gasteiger partial charge is 0.455 e. The molecular formula is C62H40N2O. The molecular weight excluding hydrogens is 789 g/mol. The van der Waals surface area contributed by atoms with Crippen molar-refractivity contribution >= 4 is 82.4 Å². The van der Waals surface area contributed by atoms with Crippen molar-refractivity contribution in [2.45, 2.75) is 0 Å². The number of rotatable bonds is 7. The van der Waals surface area contributed by atoms with E-state index in [2.05, 4.69) is 252 Å². The summed E-state index contributed by atoms with van der Waals surface area (Å²) in [4.78, 5) is 2.38. The van der Waals surface area contributed by atoms with Gasteiger partial charge in [0, 0.05) is 49.7 Å². The van der Waals surface area contributed by atoms with Crippen LogP contribution in [0.25, 0.3) is 104 Å². The lowest BCUT2D eigenvalue weighted by atomic mass is 9.95. The zero-order valence-electron chi connectivity index (χ0n) is 35.4. The van der Waals surface area contributed by atoms with Gasteiger partial charge in [-0.3, -0.25) is 0 Å². The van der Waals surface area contributed by atoms with Gasteiger partial charge < -0.3 is 13.9 Å². The highest BCUT2D eigenvalue weighted by Crippen LogP contribution is 2.43. The Hall–Kier alpha value is -8.66. The first kappa shape index (κ1) is 36.9. The Morgan fingerprint density at radius 2 is 0.908 bits per heavy atom. The summed E-state index contributed by atoms with van der Waals surface area (Å²) in [7, 11) is 0. The van der Waals surface area contributed by atoms with Crippen LogP contribution in [0.2, 0.25) is 0 Å². The van der Waals surface area contributed by atoms with Crippen molar-refractivity contribution < 1.29 is 4.42 Å². The highest BCUT2D eigenvalue weighted by Gasteiger charge is 2.19. The molecule has 0 radical (unpaired) electrons. The SMILES string of the molecule is c1ccc(-c2cccc3ccc(-c4ccc(N(c5cccc(-c6ccc7c(c6)c6ccccc6n7-c6ccccc6)c5)c5ccc6oc7c8ccccc8ccc7c6c5)cc4)cc23)cc1. The van der Waals surface area contributed by atoms with Crippen LogP contribution in [-0.4, -0.2) is 4.57 Å². The van der Waals surface area contributed by atoms with Crippen LogP contribution in [0, 0.1) is 0 Å². The first-order chi connectivity index (χ1) is 32.2. The second-order valence-corrected chi connectivity index (χ2v) is 16.9. The van der Waals surface area contributed by atoms with Crippen LogP contribution in [-0.2, 0) is 0 Å². The maximum absolute atomic E-state index is 6.60. The Morgan fingerprint density at radius 1 is 0.308 bits per heavy atom. The maximum atomic E-state index is 6.60. The average molecular weight is 829 g/mol. The van der Waals surface area contributed by atoms with Crippen LogP contribution in [0.4, 0.5) is 17.1 Å². The van der Waals surface area contributed by atoms with Crippen LogP contribution in [0.1, 0.15) is 0 Å². The number of para-hydroxylation sites is 2. The van der Waals surface area contributed by atoms with E-state index >= 15 is 0 Å². The van der Waals surface area contributed by atoms with Crippen molar-refractivity contribution in [1.29, 1.82) is 0 Å². The van der Waals surface area contributed by atoms with Gasteiger partial charge in [-0.1, -0.05) is 158 Å². The molecule has 0 bridgehead atoms. The fourth-order valence-corrected chi connectivity index (χ4v) is 10.0. The Balaban J connectivity index is 0.948. The van der Waals surface area contributed by atoms with Gasteiger partial charge in [-0.2, -0.15) is 0 Å². The predicted octanol–water partition coefficient (Wildman–Crippen LogP) is 17.5. The van der Waals surface area contributed by atoms with Gasteiger partial charge in [0.1, 0.15) is 11.2 Å². The van der Waals surface area contributed by atoms with E-state index in [0.717, 1.165) is 55.6 Å². The molecule has 0 aliphatic rings. The molecule has 13 rings (SSSR count). The highest BCUT2D eigenvalue weighted by molar-refractivity contribution is 6.16. The lowest BCUT2D eigenvalue weighted by molar-refractivity contribution is 0.672. The van der Waals surface area contributed by atoms with Gasteiger partial charge in [-0.15, -0.1) is 0 Å². The molecule has 0 N–H and O–H groups in total. The Bertz CT molecular complexity index is 3940. The second kappa shape index (κ2) is 15.0. The summed E-state index contributed by atoms with van der Waals surface area (Å²) in [6, 6.07) is 87.7. The summed E-state index contributed by atoms with van der Waals surface area (Å²) in [6.45, 7) is 0. The zero-order chi connectivity index (χ0) is 42.8. The first-order valence-electron chi connectivity index (χ1n) is 22.2.